The summed E-state index contributed by atoms with van der Waals surface area (Å²) in [6.45, 7) is 2.90. The molecule has 5 aromatic carbocycles. The van der Waals surface area contributed by atoms with E-state index in [4.69, 9.17) is 22.3 Å². The molecule has 11 nitrogen and oxygen atoms in total. The van der Waals surface area contributed by atoms with Crippen molar-refractivity contribution in [2.75, 3.05) is 22.3 Å². The quantitative estimate of drug-likeness (QED) is 0.0406. The van der Waals surface area contributed by atoms with Gasteiger partial charge in [-0.15, -0.1) is 10.2 Å². The van der Waals surface area contributed by atoms with Gasteiger partial charge in [0, 0.05) is 28.9 Å². The second-order valence-corrected chi connectivity index (χ2v) is 10.7. The van der Waals surface area contributed by atoms with Gasteiger partial charge in [-0.05, 0) is 72.1 Å². The molecule has 1 aliphatic rings. The molecule has 0 aliphatic carbocycles. The van der Waals surface area contributed by atoms with E-state index in [1.807, 2.05) is 42.5 Å². The third kappa shape index (κ3) is 6.29. The first-order valence-electron chi connectivity index (χ1n) is 14.7. The highest BCUT2D eigenvalue weighted by Crippen LogP contribution is 2.49. The summed E-state index contributed by atoms with van der Waals surface area (Å²) in [6, 6.07) is 36.9. The molecule has 228 valence electrons. The smallest absolute Gasteiger partial charge is 0.122 e. The number of benzene rings is 5. The molecule has 0 spiro atoms. The molecule has 1 unspecified atom stereocenters. The molecule has 0 amide bonds. The summed E-state index contributed by atoms with van der Waals surface area (Å²) in [5.74, 6) is -0.0160. The minimum absolute atomic E-state index is 0.00790. The number of nitrogens with zero attached hydrogens (tertiary/aromatic N) is 5. The zero-order valence-corrected chi connectivity index (χ0v) is 25.1. The van der Waals surface area contributed by atoms with Gasteiger partial charge in [-0.3, -0.25) is 21.7 Å². The molecular weight excluding hydrogens is 574 g/mol. The van der Waals surface area contributed by atoms with Gasteiger partial charge in [-0.1, -0.05) is 77.2 Å². The fourth-order valence-electron chi connectivity index (χ4n) is 5.58. The Morgan fingerprint density at radius 3 is 1.80 bits per heavy atom. The molecule has 46 heavy (non-hydrogen) atoms. The minimum atomic E-state index is -0.0660. The van der Waals surface area contributed by atoms with Crippen molar-refractivity contribution < 1.29 is 0 Å². The lowest BCUT2D eigenvalue weighted by Crippen LogP contribution is -2.32. The Morgan fingerprint density at radius 2 is 1.24 bits per heavy atom. The third-order valence-electron chi connectivity index (χ3n) is 7.71. The highest BCUT2D eigenvalue weighted by molar-refractivity contribution is 5.96. The second kappa shape index (κ2) is 13.1. The minimum Gasteiger partial charge on any atom is -0.384 e. The highest BCUT2D eigenvalue weighted by Gasteiger charge is 2.32. The summed E-state index contributed by atoms with van der Waals surface area (Å²) in [7, 11) is 0. The summed E-state index contributed by atoms with van der Waals surface area (Å²) in [4.78, 5) is 2.36. The number of nitrogen functional groups attached to an aromatic ring is 2. The zero-order valence-electron chi connectivity index (χ0n) is 25.1. The Hall–Kier alpha value is -6.36. The normalized spacial score (nSPS) is 13.8. The SMILES string of the molecule is CCN1c2cc(N=NNc3cccc(C(=N)N)c3)ccc2-c2ccc(N=NNc3cccc(C(=N)N)c3)cc2C1c1ccccc1. The van der Waals surface area contributed by atoms with Crippen molar-refractivity contribution in [3.63, 3.8) is 0 Å². The largest absolute Gasteiger partial charge is 0.384 e. The molecule has 1 aliphatic heterocycles. The zero-order chi connectivity index (χ0) is 32.0. The fraction of sp³-hybridized carbons (Fsp3) is 0.0857. The Labute approximate surface area is 266 Å². The van der Waals surface area contributed by atoms with Gasteiger partial charge in [0.15, 0.2) is 0 Å². The lowest BCUT2D eigenvalue weighted by Gasteiger charge is -2.40. The van der Waals surface area contributed by atoms with Crippen LogP contribution in [0.5, 0.6) is 0 Å². The lowest BCUT2D eigenvalue weighted by atomic mass is 9.84. The third-order valence-corrected chi connectivity index (χ3v) is 7.71. The molecule has 0 saturated carbocycles. The van der Waals surface area contributed by atoms with E-state index in [2.05, 4.69) is 91.9 Å². The molecule has 0 saturated heterocycles. The van der Waals surface area contributed by atoms with Crippen molar-refractivity contribution in [3.8, 4) is 11.1 Å². The van der Waals surface area contributed by atoms with E-state index in [1.165, 1.54) is 0 Å². The van der Waals surface area contributed by atoms with Crippen LogP contribution in [0.4, 0.5) is 28.4 Å². The van der Waals surface area contributed by atoms with Crippen molar-refractivity contribution >= 4 is 40.1 Å². The van der Waals surface area contributed by atoms with E-state index in [-0.39, 0.29) is 17.7 Å². The van der Waals surface area contributed by atoms with Crippen LogP contribution in [-0.4, -0.2) is 18.2 Å². The van der Waals surface area contributed by atoms with Crippen molar-refractivity contribution in [2.24, 2.45) is 32.1 Å². The summed E-state index contributed by atoms with van der Waals surface area (Å²) >= 11 is 0. The average molecular weight is 608 g/mol. The topological polar surface area (TPSA) is 176 Å². The van der Waals surface area contributed by atoms with E-state index in [0.29, 0.717) is 33.9 Å². The second-order valence-electron chi connectivity index (χ2n) is 10.7. The van der Waals surface area contributed by atoms with E-state index in [0.717, 1.165) is 34.5 Å². The van der Waals surface area contributed by atoms with Crippen LogP contribution < -0.4 is 27.2 Å². The number of fused-ring (bicyclic) bond motifs is 3. The summed E-state index contributed by atoms with van der Waals surface area (Å²) in [5.41, 5.74) is 26.7. The van der Waals surface area contributed by atoms with Gasteiger partial charge in [0.1, 0.15) is 11.7 Å². The van der Waals surface area contributed by atoms with Crippen LogP contribution in [-0.2, 0) is 0 Å². The van der Waals surface area contributed by atoms with Crippen LogP contribution >= 0.6 is 0 Å². The predicted octanol–water partition coefficient (Wildman–Crippen LogP) is 8.07. The number of hydrogen-bond acceptors (Lipinski definition) is 7. The van der Waals surface area contributed by atoms with Crippen LogP contribution in [0.1, 0.15) is 35.2 Å². The van der Waals surface area contributed by atoms with Gasteiger partial charge in [-0.25, -0.2) is 0 Å². The average Bonchev–Trinajstić information content (AvgIpc) is 3.08. The molecule has 0 fully saturated rings. The van der Waals surface area contributed by atoms with Crippen molar-refractivity contribution in [3.05, 3.63) is 138 Å². The Balaban J connectivity index is 1.32. The van der Waals surface area contributed by atoms with E-state index in [1.54, 1.807) is 24.3 Å². The number of nitrogens with one attached hydrogen (secondary N) is 4. The molecule has 1 heterocycles. The maximum absolute atomic E-state index is 7.67. The Kier molecular flexibility index (Phi) is 8.46. The van der Waals surface area contributed by atoms with Crippen LogP contribution in [0.25, 0.3) is 11.1 Å². The van der Waals surface area contributed by atoms with E-state index in [9.17, 15) is 0 Å². The standard InChI is InChI=1S/C35H33N11/c1-2-46-32-21-28(43-45-41-26-13-7-11-24(19-26)35(38)39)15-17-30(32)29-16-14-27(20-31(29)33(46)22-8-4-3-5-9-22)42-44-40-25-12-6-10-23(18-25)34(36)37/h3-21,33H,2H2,1H3,(H3,36,37)(H3,38,39)(H,40,42)(H,41,43). The molecule has 1 atom stereocenters. The van der Waals surface area contributed by atoms with E-state index < -0.39 is 0 Å². The van der Waals surface area contributed by atoms with Crippen molar-refractivity contribution in [1.82, 2.24) is 0 Å². The molecule has 6 rings (SSSR count). The molecular formula is C35H33N11. The van der Waals surface area contributed by atoms with Crippen LogP contribution in [0, 0.1) is 10.8 Å². The summed E-state index contributed by atoms with van der Waals surface area (Å²) in [6.07, 6.45) is 0. The lowest BCUT2D eigenvalue weighted by molar-refractivity contribution is 0.719. The number of amidine groups is 2. The van der Waals surface area contributed by atoms with Crippen LogP contribution in [0.15, 0.2) is 136 Å². The molecule has 5 aromatic rings. The maximum atomic E-state index is 7.67. The van der Waals surface area contributed by atoms with E-state index >= 15 is 0 Å². The number of nitrogens with two attached hydrogens (primary N) is 2. The number of hydrogen-bond donors (Lipinski definition) is 6. The molecule has 11 heteroatoms. The van der Waals surface area contributed by atoms with Gasteiger partial charge in [0.25, 0.3) is 0 Å². The number of anilines is 3. The highest BCUT2D eigenvalue weighted by atomic mass is 15.4. The predicted molar refractivity (Wildman–Crippen MR) is 184 cm³/mol. The first kappa shape index (κ1) is 29.7. The first-order valence-corrected chi connectivity index (χ1v) is 14.7. The van der Waals surface area contributed by atoms with Gasteiger partial charge >= 0.3 is 0 Å². The Morgan fingerprint density at radius 1 is 0.674 bits per heavy atom. The van der Waals surface area contributed by atoms with Gasteiger partial charge in [-0.2, -0.15) is 0 Å². The fourth-order valence-corrected chi connectivity index (χ4v) is 5.58. The maximum Gasteiger partial charge on any atom is 0.122 e. The first-order chi connectivity index (χ1) is 22.4. The summed E-state index contributed by atoms with van der Waals surface area (Å²) in [5, 5.41) is 32.7. The van der Waals surface area contributed by atoms with Crippen molar-refractivity contribution in [1.29, 1.82) is 10.8 Å². The molecule has 0 bridgehead atoms. The van der Waals surface area contributed by atoms with Gasteiger partial charge in [0.2, 0.25) is 0 Å². The number of rotatable bonds is 10. The summed E-state index contributed by atoms with van der Waals surface area (Å²) < 4.78 is 0. The molecule has 0 aromatic heterocycles. The molecule has 0 radical (unpaired) electrons. The van der Waals surface area contributed by atoms with Crippen LogP contribution in [0.3, 0.4) is 0 Å². The van der Waals surface area contributed by atoms with Crippen molar-refractivity contribution in [2.45, 2.75) is 13.0 Å². The van der Waals surface area contributed by atoms with Gasteiger partial charge in [0.05, 0.1) is 28.8 Å². The van der Waals surface area contributed by atoms with Crippen LogP contribution in [0.2, 0.25) is 0 Å². The Bertz CT molecular complexity index is 1970. The van der Waals surface area contributed by atoms with Gasteiger partial charge < -0.3 is 16.4 Å². The molecule has 8 N–H and O–H groups in total. The monoisotopic (exact) mass is 607 g/mol.